The lowest BCUT2D eigenvalue weighted by molar-refractivity contribution is -0.120. The molecule has 124 valence electrons. The summed E-state index contributed by atoms with van der Waals surface area (Å²) in [6.07, 6.45) is -1.51. The van der Waals surface area contributed by atoms with Gasteiger partial charge in [-0.15, -0.1) is 0 Å². The van der Waals surface area contributed by atoms with E-state index in [-0.39, 0.29) is 0 Å². The van der Waals surface area contributed by atoms with Crippen molar-refractivity contribution in [1.82, 2.24) is 0 Å². The fourth-order valence-corrected chi connectivity index (χ4v) is 4.33. The van der Waals surface area contributed by atoms with E-state index in [1.54, 1.807) is 0 Å². The minimum atomic E-state index is -1.51. The molecule has 0 radical (unpaired) electrons. The zero-order valence-electron chi connectivity index (χ0n) is 13.0. The molecule has 2 aliphatic carbocycles. The van der Waals surface area contributed by atoms with E-state index in [0.29, 0.717) is 24.2 Å². The van der Waals surface area contributed by atoms with Crippen LogP contribution in [0.5, 0.6) is 0 Å². The van der Waals surface area contributed by atoms with E-state index in [9.17, 15) is 20.4 Å². The molecule has 0 spiro atoms. The summed E-state index contributed by atoms with van der Waals surface area (Å²) in [6.45, 7) is 3.89. The molecule has 0 saturated heterocycles. The molecule has 5 N–H and O–H groups in total. The Bertz CT molecular complexity index is 337. The van der Waals surface area contributed by atoms with E-state index in [1.165, 1.54) is 6.42 Å². The third kappa shape index (κ3) is 3.59. The molecule has 5 nitrogen and oxygen atoms in total. The van der Waals surface area contributed by atoms with Gasteiger partial charge in [-0.25, -0.2) is 0 Å². The van der Waals surface area contributed by atoms with Crippen molar-refractivity contribution in [3.05, 3.63) is 0 Å². The predicted octanol–water partition coefficient (Wildman–Crippen LogP) is 0.131. The van der Waals surface area contributed by atoms with Crippen LogP contribution in [-0.2, 0) is 0 Å². The second-order valence-corrected chi connectivity index (χ2v) is 7.12. The van der Waals surface area contributed by atoms with Gasteiger partial charge in [0.05, 0.1) is 12.7 Å². The van der Waals surface area contributed by atoms with Gasteiger partial charge in [0.2, 0.25) is 0 Å². The Balaban J connectivity index is 1.89. The van der Waals surface area contributed by atoms with E-state index in [2.05, 4.69) is 13.8 Å². The van der Waals surface area contributed by atoms with Crippen molar-refractivity contribution in [3.63, 3.8) is 0 Å². The molecule has 0 aromatic heterocycles. The van der Waals surface area contributed by atoms with Crippen molar-refractivity contribution in [2.75, 3.05) is 6.61 Å². The molecule has 0 aromatic rings. The molecule has 2 saturated carbocycles. The average molecular weight is 302 g/mol. The molecule has 9 unspecified atom stereocenters. The number of hydrogen-bond acceptors (Lipinski definition) is 5. The summed E-state index contributed by atoms with van der Waals surface area (Å²) in [5.41, 5.74) is 0. The van der Waals surface area contributed by atoms with Gasteiger partial charge in [0.15, 0.2) is 0 Å². The van der Waals surface area contributed by atoms with Gasteiger partial charge in [0.25, 0.3) is 0 Å². The second-order valence-electron chi connectivity index (χ2n) is 7.12. The maximum absolute atomic E-state index is 10.1. The van der Waals surface area contributed by atoms with Crippen LogP contribution in [0.3, 0.4) is 0 Å². The SMILES string of the molecule is CCC1CC(CC(O)C(O)C(O)C(O)CO)C2CC2C1C. The molecule has 2 aliphatic rings. The minimum Gasteiger partial charge on any atom is -0.394 e. The van der Waals surface area contributed by atoms with Crippen molar-refractivity contribution in [2.45, 2.75) is 63.9 Å². The van der Waals surface area contributed by atoms with Gasteiger partial charge in [0, 0.05) is 0 Å². The molecule has 2 rings (SSSR count). The number of aliphatic hydroxyl groups excluding tert-OH is 5. The molecule has 0 amide bonds. The maximum Gasteiger partial charge on any atom is 0.110 e. The Morgan fingerprint density at radius 2 is 1.52 bits per heavy atom. The van der Waals surface area contributed by atoms with Gasteiger partial charge in [-0.2, -0.15) is 0 Å². The van der Waals surface area contributed by atoms with E-state index in [0.717, 1.165) is 24.7 Å². The van der Waals surface area contributed by atoms with E-state index >= 15 is 0 Å². The van der Waals surface area contributed by atoms with Gasteiger partial charge < -0.3 is 25.5 Å². The number of aliphatic hydroxyl groups is 5. The number of fused-ring (bicyclic) bond motifs is 1. The first-order valence-corrected chi connectivity index (χ1v) is 8.23. The van der Waals surface area contributed by atoms with Crippen LogP contribution in [0.15, 0.2) is 0 Å². The summed E-state index contributed by atoms with van der Waals surface area (Å²) in [5.74, 6) is 3.21. The largest absolute Gasteiger partial charge is 0.394 e. The first-order chi connectivity index (χ1) is 9.90. The zero-order valence-corrected chi connectivity index (χ0v) is 13.0. The summed E-state index contributed by atoms with van der Waals surface area (Å²) in [5, 5.41) is 47.9. The molecular weight excluding hydrogens is 272 g/mol. The molecule has 0 aromatic carbocycles. The Kier molecular flexibility index (Phi) is 5.65. The van der Waals surface area contributed by atoms with Crippen molar-refractivity contribution < 1.29 is 25.5 Å². The molecule has 21 heavy (non-hydrogen) atoms. The summed E-state index contributed by atoms with van der Waals surface area (Å²) >= 11 is 0. The quantitative estimate of drug-likeness (QED) is 0.460. The molecule has 5 heteroatoms. The predicted molar refractivity (Wildman–Crippen MR) is 78.4 cm³/mol. The molecule has 2 fully saturated rings. The van der Waals surface area contributed by atoms with E-state index < -0.39 is 31.0 Å². The standard InChI is InChI=1S/C16H30O5/c1-3-9-4-10(12-6-11(12)8(9)2)5-13(18)15(20)16(21)14(19)7-17/h8-21H,3-7H2,1-2H3. The summed E-state index contributed by atoms with van der Waals surface area (Å²) in [7, 11) is 0. The monoisotopic (exact) mass is 302 g/mol. The average Bonchev–Trinajstić information content (AvgIpc) is 3.28. The summed E-state index contributed by atoms with van der Waals surface area (Å²) < 4.78 is 0. The van der Waals surface area contributed by atoms with Crippen LogP contribution in [0, 0.1) is 29.6 Å². The van der Waals surface area contributed by atoms with Crippen LogP contribution in [0.1, 0.15) is 39.5 Å². The molecular formula is C16H30O5. The van der Waals surface area contributed by atoms with Gasteiger partial charge in [0.1, 0.15) is 18.3 Å². The van der Waals surface area contributed by atoms with Crippen LogP contribution >= 0.6 is 0 Å². The highest BCUT2D eigenvalue weighted by Crippen LogP contribution is 2.59. The lowest BCUT2D eigenvalue weighted by Crippen LogP contribution is -2.46. The highest BCUT2D eigenvalue weighted by molar-refractivity contribution is 5.01. The maximum atomic E-state index is 10.1. The van der Waals surface area contributed by atoms with Crippen LogP contribution < -0.4 is 0 Å². The van der Waals surface area contributed by atoms with Crippen molar-refractivity contribution >= 4 is 0 Å². The molecule has 0 heterocycles. The Hall–Kier alpha value is -0.200. The normalized spacial score (nSPS) is 41.0. The fourth-order valence-electron chi connectivity index (χ4n) is 4.33. The lowest BCUT2D eigenvalue weighted by atomic mass is 9.72. The third-order valence-corrected chi connectivity index (χ3v) is 5.92. The Morgan fingerprint density at radius 1 is 0.905 bits per heavy atom. The van der Waals surface area contributed by atoms with Crippen LogP contribution in [0.25, 0.3) is 0 Å². The van der Waals surface area contributed by atoms with E-state index in [1.807, 2.05) is 0 Å². The first-order valence-electron chi connectivity index (χ1n) is 8.23. The topological polar surface area (TPSA) is 101 Å². The Morgan fingerprint density at radius 3 is 2.10 bits per heavy atom. The number of rotatable bonds is 7. The highest BCUT2D eigenvalue weighted by atomic mass is 16.4. The zero-order chi connectivity index (χ0) is 15.7. The van der Waals surface area contributed by atoms with Crippen LogP contribution in [0.2, 0.25) is 0 Å². The summed E-state index contributed by atoms with van der Waals surface area (Å²) in [4.78, 5) is 0. The molecule has 0 bridgehead atoms. The van der Waals surface area contributed by atoms with Crippen molar-refractivity contribution in [1.29, 1.82) is 0 Å². The van der Waals surface area contributed by atoms with Gasteiger partial charge in [-0.3, -0.25) is 0 Å². The number of hydrogen-bond donors (Lipinski definition) is 5. The highest BCUT2D eigenvalue weighted by Gasteiger charge is 2.52. The van der Waals surface area contributed by atoms with Crippen molar-refractivity contribution in [3.8, 4) is 0 Å². The Labute approximate surface area is 126 Å². The van der Waals surface area contributed by atoms with Crippen LogP contribution in [-0.4, -0.2) is 56.6 Å². The lowest BCUT2D eigenvalue weighted by Gasteiger charge is -2.35. The smallest absolute Gasteiger partial charge is 0.110 e. The third-order valence-electron chi connectivity index (χ3n) is 5.92. The van der Waals surface area contributed by atoms with E-state index in [4.69, 9.17) is 5.11 Å². The van der Waals surface area contributed by atoms with Crippen molar-refractivity contribution in [2.24, 2.45) is 29.6 Å². The fraction of sp³-hybridized carbons (Fsp3) is 1.00. The van der Waals surface area contributed by atoms with Gasteiger partial charge in [-0.1, -0.05) is 20.3 Å². The molecule has 9 atom stereocenters. The minimum absolute atomic E-state index is 0.388. The summed E-state index contributed by atoms with van der Waals surface area (Å²) in [6, 6.07) is 0. The molecule has 0 aliphatic heterocycles. The first kappa shape index (κ1) is 17.2. The van der Waals surface area contributed by atoms with Gasteiger partial charge >= 0.3 is 0 Å². The van der Waals surface area contributed by atoms with Gasteiger partial charge in [-0.05, 0) is 48.9 Å². The second kappa shape index (κ2) is 6.92. The van der Waals surface area contributed by atoms with Crippen LogP contribution in [0.4, 0.5) is 0 Å².